The minimum Gasteiger partial charge on any atom is -0.488 e. The van der Waals surface area contributed by atoms with E-state index >= 15 is 0 Å². The van der Waals surface area contributed by atoms with Crippen molar-refractivity contribution in [1.29, 1.82) is 0 Å². The zero-order valence-corrected chi connectivity index (χ0v) is 18.0. The van der Waals surface area contributed by atoms with Gasteiger partial charge in [-0.1, -0.05) is 78.3 Å². The van der Waals surface area contributed by atoms with Gasteiger partial charge in [-0.05, 0) is 40.6 Å². The van der Waals surface area contributed by atoms with Crippen molar-refractivity contribution in [2.45, 2.75) is 6.61 Å². The normalized spacial score (nSPS) is 10.9. The summed E-state index contributed by atoms with van der Waals surface area (Å²) in [4.78, 5) is 12.0. The van der Waals surface area contributed by atoms with Gasteiger partial charge in [0.05, 0.1) is 11.2 Å². The van der Waals surface area contributed by atoms with Crippen molar-refractivity contribution in [2.75, 3.05) is 6.61 Å². The Morgan fingerprint density at radius 3 is 2.44 bits per heavy atom. The van der Waals surface area contributed by atoms with E-state index in [1.807, 2.05) is 42.5 Å². The molecule has 32 heavy (non-hydrogen) atoms. The third kappa shape index (κ3) is 5.45. The molecule has 4 aromatic rings. The van der Waals surface area contributed by atoms with Crippen LogP contribution >= 0.6 is 11.6 Å². The van der Waals surface area contributed by atoms with Crippen molar-refractivity contribution in [3.8, 4) is 11.5 Å². The minimum absolute atomic E-state index is 0.194. The second kappa shape index (κ2) is 10.5. The molecule has 0 unspecified atom stereocenters. The van der Waals surface area contributed by atoms with Gasteiger partial charge < -0.3 is 9.47 Å². The molecular formula is C26H21ClN2O3. The molecule has 5 nitrogen and oxygen atoms in total. The highest BCUT2D eigenvalue weighted by atomic mass is 35.5. The summed E-state index contributed by atoms with van der Waals surface area (Å²) in [5.74, 6) is 0.724. The van der Waals surface area contributed by atoms with E-state index < -0.39 is 5.91 Å². The highest BCUT2D eigenvalue weighted by Crippen LogP contribution is 2.23. The number of rotatable bonds is 8. The molecule has 0 heterocycles. The number of hydrogen-bond acceptors (Lipinski definition) is 4. The van der Waals surface area contributed by atoms with E-state index in [0.29, 0.717) is 23.1 Å². The molecule has 0 aliphatic rings. The first-order valence-corrected chi connectivity index (χ1v) is 10.5. The summed E-state index contributed by atoms with van der Waals surface area (Å²) in [6.07, 6.45) is 1.55. The lowest BCUT2D eigenvalue weighted by Gasteiger charge is -2.11. The molecule has 0 aliphatic heterocycles. The Kier molecular flexibility index (Phi) is 7.00. The maximum Gasteiger partial charge on any atom is 0.277 e. The van der Waals surface area contributed by atoms with Crippen molar-refractivity contribution < 1.29 is 14.3 Å². The van der Waals surface area contributed by atoms with Crippen LogP contribution in [0, 0.1) is 0 Å². The molecule has 0 aliphatic carbocycles. The number of para-hydroxylation sites is 2. The summed E-state index contributed by atoms with van der Waals surface area (Å²) >= 11 is 6.02. The van der Waals surface area contributed by atoms with E-state index in [4.69, 9.17) is 21.1 Å². The lowest BCUT2D eigenvalue weighted by Crippen LogP contribution is -2.24. The maximum absolute atomic E-state index is 12.0. The quantitative estimate of drug-likeness (QED) is 0.284. The molecule has 0 atom stereocenters. The molecule has 0 radical (unpaired) electrons. The van der Waals surface area contributed by atoms with Gasteiger partial charge in [-0.3, -0.25) is 4.79 Å². The molecule has 0 saturated carbocycles. The third-order valence-corrected chi connectivity index (χ3v) is 5.08. The molecule has 0 spiro atoms. The van der Waals surface area contributed by atoms with Gasteiger partial charge in [-0.15, -0.1) is 0 Å². The van der Waals surface area contributed by atoms with Gasteiger partial charge in [0, 0.05) is 5.56 Å². The third-order valence-electron chi connectivity index (χ3n) is 4.77. The lowest BCUT2D eigenvalue weighted by molar-refractivity contribution is -0.123. The fraction of sp³-hybridized carbons (Fsp3) is 0.0769. The van der Waals surface area contributed by atoms with Crippen molar-refractivity contribution >= 4 is 34.5 Å². The fourth-order valence-electron chi connectivity index (χ4n) is 3.20. The molecule has 1 N–H and O–H groups in total. The summed E-state index contributed by atoms with van der Waals surface area (Å²) in [6, 6.07) is 28.8. The van der Waals surface area contributed by atoms with E-state index in [0.717, 1.165) is 16.5 Å². The number of carbonyl (C=O) groups excluding carboxylic acids is 1. The van der Waals surface area contributed by atoms with E-state index in [9.17, 15) is 4.79 Å². The Labute approximate surface area is 191 Å². The van der Waals surface area contributed by atoms with Gasteiger partial charge in [-0.25, -0.2) is 5.43 Å². The van der Waals surface area contributed by atoms with Crippen molar-refractivity contribution in [1.82, 2.24) is 5.43 Å². The van der Waals surface area contributed by atoms with Gasteiger partial charge in [0.15, 0.2) is 6.61 Å². The molecule has 0 fully saturated rings. The Bertz CT molecular complexity index is 1250. The Morgan fingerprint density at radius 1 is 0.844 bits per heavy atom. The molecule has 0 saturated heterocycles. The van der Waals surface area contributed by atoms with Crippen LogP contribution in [0.15, 0.2) is 96.1 Å². The van der Waals surface area contributed by atoms with Crippen molar-refractivity contribution in [3.63, 3.8) is 0 Å². The number of carbonyl (C=O) groups is 1. The van der Waals surface area contributed by atoms with Crippen LogP contribution in [0.25, 0.3) is 10.8 Å². The SMILES string of the molecule is O=C(COc1ccccc1Cl)N/N=C\c1ccccc1OCc1cccc2ccccc12. The summed E-state index contributed by atoms with van der Waals surface area (Å²) in [6.45, 7) is 0.227. The Morgan fingerprint density at radius 2 is 1.56 bits per heavy atom. The van der Waals surface area contributed by atoms with Crippen molar-refractivity contribution in [3.05, 3.63) is 107 Å². The monoisotopic (exact) mass is 444 g/mol. The van der Waals surface area contributed by atoms with Gasteiger partial charge in [0.2, 0.25) is 0 Å². The number of nitrogens with zero attached hydrogens (tertiary/aromatic N) is 1. The molecule has 4 aromatic carbocycles. The zero-order valence-electron chi connectivity index (χ0n) is 17.2. The molecule has 6 heteroatoms. The summed E-state index contributed by atoms with van der Waals surface area (Å²) in [7, 11) is 0. The largest absolute Gasteiger partial charge is 0.488 e. The van der Waals surface area contributed by atoms with Crippen molar-refractivity contribution in [2.24, 2.45) is 5.10 Å². The highest BCUT2D eigenvalue weighted by Gasteiger charge is 2.06. The van der Waals surface area contributed by atoms with Crippen LogP contribution in [-0.2, 0) is 11.4 Å². The lowest BCUT2D eigenvalue weighted by atomic mass is 10.1. The second-order valence-electron chi connectivity index (χ2n) is 6.98. The van der Waals surface area contributed by atoms with E-state index in [2.05, 4.69) is 34.8 Å². The number of ether oxygens (including phenoxy) is 2. The molecule has 0 aromatic heterocycles. The predicted molar refractivity (Wildman–Crippen MR) is 127 cm³/mol. The Balaban J connectivity index is 1.36. The van der Waals surface area contributed by atoms with Gasteiger partial charge in [-0.2, -0.15) is 5.10 Å². The number of fused-ring (bicyclic) bond motifs is 1. The molecular weight excluding hydrogens is 424 g/mol. The van der Waals surface area contributed by atoms with Gasteiger partial charge in [0.25, 0.3) is 5.91 Å². The van der Waals surface area contributed by atoms with Gasteiger partial charge >= 0.3 is 0 Å². The predicted octanol–water partition coefficient (Wildman–Crippen LogP) is 5.60. The van der Waals surface area contributed by atoms with Crippen LogP contribution in [-0.4, -0.2) is 18.7 Å². The molecule has 1 amide bonds. The first kappa shape index (κ1) is 21.4. The van der Waals surface area contributed by atoms with E-state index in [1.165, 1.54) is 5.39 Å². The average Bonchev–Trinajstić information content (AvgIpc) is 2.83. The highest BCUT2D eigenvalue weighted by molar-refractivity contribution is 6.32. The number of hydrogen-bond donors (Lipinski definition) is 1. The molecule has 0 bridgehead atoms. The number of benzene rings is 4. The maximum atomic E-state index is 12.0. The summed E-state index contributed by atoms with van der Waals surface area (Å²) in [5, 5.41) is 6.80. The van der Waals surface area contributed by atoms with E-state index in [1.54, 1.807) is 30.5 Å². The van der Waals surface area contributed by atoms with Crippen LogP contribution in [0.4, 0.5) is 0 Å². The van der Waals surface area contributed by atoms with Crippen LogP contribution in [0.3, 0.4) is 0 Å². The standard InChI is InChI=1S/C26H21ClN2O3/c27-23-13-4-6-15-25(23)32-18-26(30)29-28-16-20-9-2-5-14-24(20)31-17-21-11-7-10-19-8-1-3-12-22(19)21/h1-16H,17-18H2,(H,29,30)/b28-16-. The average molecular weight is 445 g/mol. The van der Waals surface area contributed by atoms with Crippen LogP contribution < -0.4 is 14.9 Å². The number of halogens is 1. The number of nitrogens with one attached hydrogen (secondary N) is 1. The summed E-state index contributed by atoms with van der Waals surface area (Å²) in [5.41, 5.74) is 4.30. The first-order chi connectivity index (χ1) is 15.7. The smallest absolute Gasteiger partial charge is 0.277 e. The van der Waals surface area contributed by atoms with Crippen LogP contribution in [0.1, 0.15) is 11.1 Å². The topological polar surface area (TPSA) is 59.9 Å². The fourth-order valence-corrected chi connectivity index (χ4v) is 3.39. The van der Waals surface area contributed by atoms with E-state index in [-0.39, 0.29) is 6.61 Å². The zero-order chi connectivity index (χ0) is 22.2. The molecule has 160 valence electrons. The van der Waals surface area contributed by atoms with Crippen LogP contribution in [0.5, 0.6) is 11.5 Å². The van der Waals surface area contributed by atoms with Crippen LogP contribution in [0.2, 0.25) is 5.02 Å². The minimum atomic E-state index is -0.393. The number of hydrazone groups is 1. The summed E-state index contributed by atoms with van der Waals surface area (Å²) < 4.78 is 11.5. The van der Waals surface area contributed by atoms with Gasteiger partial charge in [0.1, 0.15) is 18.1 Å². The first-order valence-electron chi connectivity index (χ1n) is 10.1. The number of amides is 1. The molecule has 4 rings (SSSR count). The second-order valence-corrected chi connectivity index (χ2v) is 7.38. The Hall–Kier alpha value is -3.83.